The Labute approximate surface area is 200 Å². The van der Waals surface area contributed by atoms with Crippen LogP contribution in [0.25, 0.3) is 11.1 Å². The Hall–Kier alpha value is -2.02. The van der Waals surface area contributed by atoms with Crippen molar-refractivity contribution in [3.8, 4) is 16.9 Å². The zero-order valence-electron chi connectivity index (χ0n) is 19.0. The zero-order valence-corrected chi connectivity index (χ0v) is 20.7. The van der Waals surface area contributed by atoms with Gasteiger partial charge in [-0.2, -0.15) is 0 Å². The number of rotatable bonds is 10. The summed E-state index contributed by atoms with van der Waals surface area (Å²) in [5.41, 5.74) is 1.01. The molecule has 2 atom stereocenters. The highest BCUT2D eigenvalue weighted by Gasteiger charge is 2.25. The molecule has 11 heteroatoms. The second kappa shape index (κ2) is 10.7. The number of nitrogens with one attached hydrogen (secondary N) is 2. The normalized spacial score (nSPS) is 21.1. The standard InChI is InChI=1S/C23H30N2O7S2/c1-30-18-8-11-22(23(14-18)34(28,29)25-16-20-5-3-13-32-20)17-6-9-21(10-7-17)33(26,27)24-15-19-4-2-12-31-19/h6-11,14,19-20,24-25H,2-5,12-13,15-16H2,1H3/t19-,20+/m1/s1. The largest absolute Gasteiger partial charge is 0.497 e. The maximum atomic E-state index is 13.1. The molecule has 34 heavy (non-hydrogen) atoms. The number of methoxy groups -OCH3 is 1. The van der Waals surface area contributed by atoms with Gasteiger partial charge in [-0.3, -0.25) is 0 Å². The van der Waals surface area contributed by atoms with Crippen molar-refractivity contribution in [3.63, 3.8) is 0 Å². The summed E-state index contributed by atoms with van der Waals surface area (Å²) >= 11 is 0. The Morgan fingerprint density at radius 2 is 1.44 bits per heavy atom. The molecule has 2 aromatic rings. The fourth-order valence-electron chi connectivity index (χ4n) is 4.08. The van der Waals surface area contributed by atoms with Gasteiger partial charge < -0.3 is 14.2 Å². The molecule has 2 aliphatic rings. The van der Waals surface area contributed by atoms with Gasteiger partial charge >= 0.3 is 0 Å². The van der Waals surface area contributed by atoms with Crippen molar-refractivity contribution in [2.45, 2.75) is 47.7 Å². The van der Waals surface area contributed by atoms with E-state index < -0.39 is 20.0 Å². The SMILES string of the molecule is COc1ccc(-c2ccc(S(=O)(=O)NC[C@H]3CCCO3)cc2)c(S(=O)(=O)NC[C@@H]2CCCO2)c1. The molecule has 2 saturated heterocycles. The highest BCUT2D eigenvalue weighted by Crippen LogP contribution is 2.31. The average molecular weight is 511 g/mol. The minimum atomic E-state index is -3.87. The molecule has 2 N–H and O–H groups in total. The van der Waals surface area contributed by atoms with Gasteiger partial charge in [0.1, 0.15) is 5.75 Å². The third-order valence-corrected chi connectivity index (χ3v) is 8.91. The van der Waals surface area contributed by atoms with E-state index >= 15 is 0 Å². The smallest absolute Gasteiger partial charge is 0.241 e. The maximum Gasteiger partial charge on any atom is 0.241 e. The number of hydrogen-bond acceptors (Lipinski definition) is 7. The summed E-state index contributed by atoms with van der Waals surface area (Å²) in [6.45, 7) is 1.69. The number of hydrogen-bond donors (Lipinski definition) is 2. The summed E-state index contributed by atoms with van der Waals surface area (Å²) in [5.74, 6) is 0.402. The van der Waals surface area contributed by atoms with E-state index in [4.69, 9.17) is 14.2 Å². The number of ether oxygens (including phenoxy) is 3. The maximum absolute atomic E-state index is 13.1. The Morgan fingerprint density at radius 3 is 1.97 bits per heavy atom. The molecule has 0 amide bonds. The van der Waals surface area contributed by atoms with E-state index in [1.165, 1.54) is 25.3 Å². The van der Waals surface area contributed by atoms with E-state index in [-0.39, 0.29) is 35.1 Å². The van der Waals surface area contributed by atoms with Gasteiger partial charge in [0.2, 0.25) is 20.0 Å². The fourth-order valence-corrected chi connectivity index (χ4v) is 6.46. The molecule has 0 aromatic heterocycles. The van der Waals surface area contributed by atoms with Crippen molar-refractivity contribution in [2.24, 2.45) is 0 Å². The highest BCUT2D eigenvalue weighted by molar-refractivity contribution is 7.89. The topological polar surface area (TPSA) is 120 Å². The van der Waals surface area contributed by atoms with E-state index in [9.17, 15) is 16.8 Å². The first-order valence-corrected chi connectivity index (χ1v) is 14.3. The Balaban J connectivity index is 1.56. The van der Waals surface area contributed by atoms with Gasteiger partial charge in [-0.25, -0.2) is 26.3 Å². The minimum Gasteiger partial charge on any atom is -0.497 e. The van der Waals surface area contributed by atoms with Crippen LogP contribution in [0.3, 0.4) is 0 Å². The molecule has 9 nitrogen and oxygen atoms in total. The number of sulfonamides is 2. The molecule has 2 heterocycles. The predicted octanol–water partition coefficient (Wildman–Crippen LogP) is 2.28. The van der Waals surface area contributed by atoms with Gasteiger partial charge in [0.15, 0.2) is 0 Å². The Kier molecular flexibility index (Phi) is 7.90. The van der Waals surface area contributed by atoms with E-state index in [1.807, 2.05) is 0 Å². The Bertz CT molecular complexity index is 1190. The fraction of sp³-hybridized carbons (Fsp3) is 0.478. The van der Waals surface area contributed by atoms with Crippen LogP contribution in [-0.2, 0) is 29.5 Å². The van der Waals surface area contributed by atoms with Crippen LogP contribution in [0.2, 0.25) is 0 Å². The summed E-state index contributed by atoms with van der Waals surface area (Å²) in [7, 11) is -6.11. The molecule has 2 aliphatic heterocycles. The van der Waals surface area contributed by atoms with Gasteiger partial charge in [0.25, 0.3) is 0 Å². The average Bonchev–Trinajstić information content (AvgIpc) is 3.56. The van der Waals surface area contributed by atoms with Crippen molar-refractivity contribution in [2.75, 3.05) is 33.4 Å². The lowest BCUT2D eigenvalue weighted by Gasteiger charge is -2.16. The van der Waals surface area contributed by atoms with E-state index in [0.29, 0.717) is 30.1 Å². The van der Waals surface area contributed by atoms with Crippen molar-refractivity contribution >= 4 is 20.0 Å². The molecule has 186 valence electrons. The second-order valence-electron chi connectivity index (χ2n) is 8.36. The predicted molar refractivity (Wildman–Crippen MR) is 127 cm³/mol. The number of benzene rings is 2. The van der Waals surface area contributed by atoms with E-state index in [1.54, 1.807) is 24.3 Å². The van der Waals surface area contributed by atoms with Crippen LogP contribution in [0.4, 0.5) is 0 Å². The minimum absolute atomic E-state index is 0.0527. The molecule has 0 radical (unpaired) electrons. The molecule has 0 unspecified atom stereocenters. The first kappa shape index (κ1) is 25.1. The lowest BCUT2D eigenvalue weighted by molar-refractivity contribution is 0.114. The second-order valence-corrected chi connectivity index (χ2v) is 11.9. The molecule has 2 aromatic carbocycles. The summed E-state index contributed by atoms with van der Waals surface area (Å²) in [4.78, 5) is 0.153. The summed E-state index contributed by atoms with van der Waals surface area (Å²) in [6.07, 6.45) is 3.23. The van der Waals surface area contributed by atoms with Crippen molar-refractivity contribution in [1.29, 1.82) is 0 Å². The molecule has 0 saturated carbocycles. The zero-order chi connectivity index (χ0) is 24.2. The Morgan fingerprint density at radius 1 is 0.853 bits per heavy atom. The molecule has 4 rings (SSSR count). The molecule has 0 spiro atoms. The van der Waals surface area contributed by atoms with Crippen LogP contribution >= 0.6 is 0 Å². The van der Waals surface area contributed by atoms with Gasteiger partial charge in [-0.1, -0.05) is 12.1 Å². The van der Waals surface area contributed by atoms with E-state index in [0.717, 1.165) is 25.7 Å². The van der Waals surface area contributed by atoms with Crippen molar-refractivity contribution < 1.29 is 31.0 Å². The molecule has 0 bridgehead atoms. The van der Waals surface area contributed by atoms with Crippen LogP contribution in [0.1, 0.15) is 25.7 Å². The molecular formula is C23H30N2O7S2. The van der Waals surface area contributed by atoms with Crippen molar-refractivity contribution in [1.82, 2.24) is 9.44 Å². The molecule has 0 aliphatic carbocycles. The third kappa shape index (κ3) is 5.96. The molecular weight excluding hydrogens is 480 g/mol. The monoisotopic (exact) mass is 510 g/mol. The lowest BCUT2D eigenvalue weighted by Crippen LogP contribution is -2.32. The van der Waals surface area contributed by atoms with Gasteiger partial charge in [0, 0.05) is 37.9 Å². The van der Waals surface area contributed by atoms with Crippen LogP contribution in [0.15, 0.2) is 52.3 Å². The van der Waals surface area contributed by atoms with Crippen LogP contribution < -0.4 is 14.2 Å². The van der Waals surface area contributed by atoms with Gasteiger partial charge in [-0.05, 0) is 55.5 Å². The highest BCUT2D eigenvalue weighted by atomic mass is 32.2. The first-order valence-electron chi connectivity index (χ1n) is 11.3. The summed E-state index contributed by atoms with van der Waals surface area (Å²) < 4.78 is 73.1. The first-order chi connectivity index (χ1) is 16.3. The van der Waals surface area contributed by atoms with Crippen LogP contribution in [0, 0.1) is 0 Å². The quantitative estimate of drug-likeness (QED) is 0.503. The molecule has 2 fully saturated rings. The summed E-state index contributed by atoms with van der Waals surface area (Å²) in [6, 6.07) is 10.9. The van der Waals surface area contributed by atoms with Gasteiger partial charge in [0.05, 0.1) is 29.1 Å². The third-order valence-electron chi connectivity index (χ3n) is 6.00. The summed E-state index contributed by atoms with van der Waals surface area (Å²) in [5, 5.41) is 0. The van der Waals surface area contributed by atoms with Crippen LogP contribution in [-0.4, -0.2) is 62.5 Å². The van der Waals surface area contributed by atoms with Crippen LogP contribution in [0.5, 0.6) is 5.75 Å². The van der Waals surface area contributed by atoms with Crippen molar-refractivity contribution in [3.05, 3.63) is 42.5 Å². The van der Waals surface area contributed by atoms with Gasteiger partial charge in [-0.15, -0.1) is 0 Å². The lowest BCUT2D eigenvalue weighted by atomic mass is 10.1. The van der Waals surface area contributed by atoms with E-state index in [2.05, 4.69) is 9.44 Å².